The van der Waals surface area contributed by atoms with Gasteiger partial charge in [0.15, 0.2) is 0 Å². The van der Waals surface area contributed by atoms with Crippen molar-refractivity contribution in [2.24, 2.45) is 0 Å². The summed E-state index contributed by atoms with van der Waals surface area (Å²) in [6.45, 7) is 0.558. The third-order valence-electron chi connectivity index (χ3n) is 5.63. The van der Waals surface area contributed by atoms with E-state index in [1.165, 1.54) is 37.5 Å². The van der Waals surface area contributed by atoms with Crippen molar-refractivity contribution in [3.8, 4) is 0 Å². The molecule has 1 aromatic heterocycles. The molecule has 0 radical (unpaired) electrons. The minimum Gasteiger partial charge on any atom is -0.389 e. The Bertz CT molecular complexity index is 1180. The third-order valence-corrected chi connectivity index (χ3v) is 5.63. The Morgan fingerprint density at radius 2 is 2.00 bits per heavy atom. The number of nitrogens with one attached hydrogen (secondary N) is 2. The van der Waals surface area contributed by atoms with Crippen LogP contribution in [0.5, 0.6) is 0 Å². The van der Waals surface area contributed by atoms with Crippen LogP contribution in [-0.4, -0.2) is 53.9 Å². The molecule has 1 aliphatic heterocycles. The van der Waals surface area contributed by atoms with Crippen molar-refractivity contribution in [2.45, 2.75) is 25.1 Å². The number of ether oxygens (including phenoxy) is 1. The van der Waals surface area contributed by atoms with Crippen molar-refractivity contribution in [1.29, 1.82) is 0 Å². The molecular formula is C23H23F2N3O4. The predicted molar refractivity (Wildman–Crippen MR) is 113 cm³/mol. The molecule has 168 valence electrons. The minimum atomic E-state index is -0.848. The topological polar surface area (TPSA) is 92.6 Å². The van der Waals surface area contributed by atoms with Gasteiger partial charge < -0.3 is 25.0 Å². The van der Waals surface area contributed by atoms with E-state index in [0.29, 0.717) is 18.5 Å². The van der Waals surface area contributed by atoms with E-state index in [9.17, 15) is 23.5 Å². The number of aliphatic hydroxyl groups is 1. The van der Waals surface area contributed by atoms with Gasteiger partial charge in [0.2, 0.25) is 0 Å². The Labute approximate surface area is 183 Å². The van der Waals surface area contributed by atoms with Crippen molar-refractivity contribution < 1.29 is 28.2 Å². The van der Waals surface area contributed by atoms with Crippen LogP contribution in [0.25, 0.3) is 10.9 Å². The molecule has 9 heteroatoms. The van der Waals surface area contributed by atoms with Crippen LogP contribution in [0.4, 0.5) is 8.78 Å². The molecular weight excluding hydrogens is 420 g/mol. The lowest BCUT2D eigenvalue weighted by Gasteiger charge is -2.28. The van der Waals surface area contributed by atoms with Crippen LogP contribution in [0.1, 0.15) is 32.7 Å². The fraction of sp³-hybridized carbons (Fsp3) is 0.304. The van der Waals surface area contributed by atoms with E-state index in [1.54, 1.807) is 10.6 Å². The second-order valence-electron chi connectivity index (χ2n) is 7.70. The first-order valence-corrected chi connectivity index (χ1v) is 10.2. The fourth-order valence-electron chi connectivity index (χ4n) is 3.89. The zero-order valence-electron chi connectivity index (χ0n) is 17.4. The number of halogens is 2. The summed E-state index contributed by atoms with van der Waals surface area (Å²) in [5.74, 6) is -2.09. The lowest BCUT2D eigenvalue weighted by Crippen LogP contribution is -2.48. The average molecular weight is 443 g/mol. The molecule has 2 amide bonds. The Balaban J connectivity index is 1.67. The molecule has 0 spiro atoms. The molecule has 32 heavy (non-hydrogen) atoms. The van der Waals surface area contributed by atoms with Gasteiger partial charge >= 0.3 is 0 Å². The molecule has 0 unspecified atom stereocenters. The largest absolute Gasteiger partial charge is 0.389 e. The molecule has 3 N–H and O–H groups in total. The fourth-order valence-corrected chi connectivity index (χ4v) is 3.89. The van der Waals surface area contributed by atoms with E-state index in [2.05, 4.69) is 10.6 Å². The van der Waals surface area contributed by atoms with Gasteiger partial charge in [-0.15, -0.1) is 0 Å². The van der Waals surface area contributed by atoms with Gasteiger partial charge in [-0.3, -0.25) is 9.59 Å². The quantitative estimate of drug-likeness (QED) is 0.564. The van der Waals surface area contributed by atoms with Crippen LogP contribution in [0.3, 0.4) is 0 Å². The van der Waals surface area contributed by atoms with Crippen molar-refractivity contribution in [3.63, 3.8) is 0 Å². The van der Waals surface area contributed by atoms with Gasteiger partial charge in [0.1, 0.15) is 11.6 Å². The van der Waals surface area contributed by atoms with Gasteiger partial charge in [0.05, 0.1) is 36.4 Å². The SMILES string of the molecule is CNC(=O)c1ccc(Cn2cc(C(=O)N[C@H]3CCOC[C@@H]3O)c3c(F)cccc32)c(F)c1. The molecule has 0 bridgehead atoms. The smallest absolute Gasteiger partial charge is 0.253 e. The summed E-state index contributed by atoms with van der Waals surface area (Å²) in [6, 6.07) is 8.05. The van der Waals surface area contributed by atoms with Crippen molar-refractivity contribution >= 4 is 22.7 Å². The van der Waals surface area contributed by atoms with Crippen LogP contribution >= 0.6 is 0 Å². The van der Waals surface area contributed by atoms with Crippen molar-refractivity contribution in [3.05, 3.63) is 70.9 Å². The summed E-state index contributed by atoms with van der Waals surface area (Å²) >= 11 is 0. The van der Waals surface area contributed by atoms with Gasteiger partial charge in [0, 0.05) is 36.4 Å². The highest BCUT2D eigenvalue weighted by Crippen LogP contribution is 2.26. The third kappa shape index (κ3) is 4.21. The average Bonchev–Trinajstić information content (AvgIpc) is 3.16. The van der Waals surface area contributed by atoms with Gasteiger partial charge in [0.25, 0.3) is 11.8 Å². The van der Waals surface area contributed by atoms with Crippen LogP contribution in [0, 0.1) is 11.6 Å². The number of fused-ring (bicyclic) bond motifs is 1. The first-order chi connectivity index (χ1) is 15.4. The summed E-state index contributed by atoms with van der Waals surface area (Å²) in [5, 5.41) is 15.4. The van der Waals surface area contributed by atoms with Gasteiger partial charge in [-0.25, -0.2) is 8.78 Å². The maximum atomic E-state index is 14.7. The van der Waals surface area contributed by atoms with Crippen molar-refractivity contribution in [1.82, 2.24) is 15.2 Å². The lowest BCUT2D eigenvalue weighted by atomic mass is 10.1. The summed E-state index contributed by atoms with van der Waals surface area (Å²) in [5.41, 5.74) is 0.995. The molecule has 0 saturated carbocycles. The van der Waals surface area contributed by atoms with E-state index < -0.39 is 35.6 Å². The monoisotopic (exact) mass is 443 g/mol. The summed E-state index contributed by atoms with van der Waals surface area (Å²) < 4.78 is 36.1. The molecule has 0 aliphatic carbocycles. The van der Waals surface area contributed by atoms with Gasteiger partial charge in [-0.1, -0.05) is 12.1 Å². The number of benzene rings is 2. The van der Waals surface area contributed by atoms with E-state index >= 15 is 0 Å². The number of aromatic nitrogens is 1. The lowest BCUT2D eigenvalue weighted by molar-refractivity contribution is -0.0260. The van der Waals surface area contributed by atoms with E-state index in [1.807, 2.05) is 0 Å². The standard InChI is InChI=1S/C23H23F2N3O4/c1-26-22(30)13-5-6-14(17(25)9-13)10-28-11-15(21-16(24)3-2-4-19(21)28)23(31)27-18-7-8-32-12-20(18)29/h2-6,9,11,18,20,29H,7-8,10,12H2,1H3,(H,26,30)(H,27,31)/t18-,20-/m0/s1. The van der Waals surface area contributed by atoms with E-state index in [4.69, 9.17) is 4.74 Å². The molecule has 1 saturated heterocycles. The highest BCUT2D eigenvalue weighted by Gasteiger charge is 2.27. The molecule has 1 fully saturated rings. The molecule has 7 nitrogen and oxygen atoms in total. The molecule has 2 heterocycles. The predicted octanol–water partition coefficient (Wildman–Crippen LogP) is 2.21. The Hall–Kier alpha value is -3.30. The number of carbonyl (C=O) groups is 2. The second kappa shape index (κ2) is 9.05. The van der Waals surface area contributed by atoms with Crippen LogP contribution in [0.2, 0.25) is 0 Å². The molecule has 2 atom stereocenters. The number of nitrogens with zero attached hydrogens (tertiary/aromatic N) is 1. The summed E-state index contributed by atoms with van der Waals surface area (Å²) in [6.07, 6.45) is 1.07. The van der Waals surface area contributed by atoms with E-state index in [-0.39, 0.29) is 35.2 Å². The van der Waals surface area contributed by atoms with Crippen LogP contribution in [-0.2, 0) is 11.3 Å². The Kier molecular flexibility index (Phi) is 6.20. The highest BCUT2D eigenvalue weighted by atomic mass is 19.1. The normalized spacial score (nSPS) is 18.5. The first-order valence-electron chi connectivity index (χ1n) is 10.2. The Morgan fingerprint density at radius 1 is 1.19 bits per heavy atom. The number of hydrogen-bond acceptors (Lipinski definition) is 4. The zero-order chi connectivity index (χ0) is 22.8. The molecule has 2 aromatic carbocycles. The van der Waals surface area contributed by atoms with Gasteiger partial charge in [-0.05, 0) is 30.7 Å². The minimum absolute atomic E-state index is 0.0347. The van der Waals surface area contributed by atoms with Gasteiger partial charge in [-0.2, -0.15) is 0 Å². The van der Waals surface area contributed by atoms with Crippen LogP contribution < -0.4 is 10.6 Å². The van der Waals surface area contributed by atoms with Crippen molar-refractivity contribution in [2.75, 3.05) is 20.3 Å². The number of aliphatic hydroxyl groups excluding tert-OH is 1. The molecule has 1 aliphatic rings. The summed E-state index contributed by atoms with van der Waals surface area (Å²) in [7, 11) is 1.46. The second-order valence-corrected chi connectivity index (χ2v) is 7.70. The number of carbonyl (C=O) groups excluding carboxylic acids is 2. The first kappa shape index (κ1) is 21.9. The maximum Gasteiger partial charge on any atom is 0.253 e. The van der Waals surface area contributed by atoms with Crippen LogP contribution in [0.15, 0.2) is 42.6 Å². The Morgan fingerprint density at radius 3 is 2.72 bits per heavy atom. The number of rotatable bonds is 5. The maximum absolute atomic E-state index is 14.7. The molecule has 4 rings (SSSR count). The molecule has 3 aromatic rings. The number of amides is 2. The summed E-state index contributed by atoms with van der Waals surface area (Å²) in [4.78, 5) is 24.7. The number of hydrogen-bond donors (Lipinski definition) is 3. The highest BCUT2D eigenvalue weighted by molar-refractivity contribution is 6.07. The zero-order valence-corrected chi connectivity index (χ0v) is 17.4. The van der Waals surface area contributed by atoms with E-state index in [0.717, 1.165) is 6.07 Å².